The molecule has 1 aliphatic heterocycles. The summed E-state index contributed by atoms with van der Waals surface area (Å²) < 4.78 is 0. The van der Waals surface area contributed by atoms with E-state index in [0.29, 0.717) is 11.8 Å². The number of nitrogens with one attached hydrogen (secondary N) is 2. The molecule has 2 aliphatic carbocycles. The van der Waals surface area contributed by atoms with Gasteiger partial charge in [0.25, 0.3) is 0 Å². The first-order valence-corrected chi connectivity index (χ1v) is 15.3. The van der Waals surface area contributed by atoms with Crippen LogP contribution in [0.2, 0.25) is 0 Å². The summed E-state index contributed by atoms with van der Waals surface area (Å²) in [5.74, 6) is 2.00. The topological polar surface area (TPSA) is 90.5 Å². The third-order valence-electron chi connectivity index (χ3n) is 6.77. The van der Waals surface area contributed by atoms with Crippen LogP contribution in [0.25, 0.3) is 0 Å². The first kappa shape index (κ1) is 39.5. The predicted octanol–water partition coefficient (Wildman–Crippen LogP) is 7.26. The van der Waals surface area contributed by atoms with Gasteiger partial charge in [-0.2, -0.15) is 0 Å². The van der Waals surface area contributed by atoms with E-state index in [1.807, 2.05) is 13.8 Å². The van der Waals surface area contributed by atoms with Gasteiger partial charge in [-0.3, -0.25) is 5.32 Å². The van der Waals surface area contributed by atoms with Crippen LogP contribution in [-0.2, 0) is 0 Å². The summed E-state index contributed by atoms with van der Waals surface area (Å²) in [6.45, 7) is 22.8. The number of rotatable bonds is 7. The molecule has 6 N–H and O–H groups in total. The molecular formula is C34H65N3O2. The van der Waals surface area contributed by atoms with Crippen LogP contribution >= 0.6 is 0 Å². The van der Waals surface area contributed by atoms with E-state index in [4.69, 9.17) is 5.11 Å². The lowest BCUT2D eigenvalue weighted by molar-refractivity contribution is -0.0250. The molecule has 0 radical (unpaired) electrons. The average Bonchev–Trinajstić information content (AvgIpc) is 3.43. The zero-order chi connectivity index (χ0) is 30.5. The van der Waals surface area contributed by atoms with Crippen molar-refractivity contribution in [2.75, 3.05) is 26.9 Å². The van der Waals surface area contributed by atoms with Crippen LogP contribution in [-0.4, -0.2) is 42.7 Å². The van der Waals surface area contributed by atoms with E-state index in [0.717, 1.165) is 37.4 Å². The van der Waals surface area contributed by atoms with Crippen molar-refractivity contribution in [3.05, 3.63) is 59.4 Å². The van der Waals surface area contributed by atoms with E-state index >= 15 is 0 Å². The highest BCUT2D eigenvalue weighted by Gasteiger charge is 2.41. The van der Waals surface area contributed by atoms with Crippen molar-refractivity contribution in [2.45, 2.75) is 107 Å². The maximum absolute atomic E-state index is 10.8. The smallest absolute Gasteiger partial charge is 0.0938 e. The zero-order valence-electron chi connectivity index (χ0n) is 27.4. The van der Waals surface area contributed by atoms with Gasteiger partial charge in [-0.15, -0.1) is 0 Å². The largest absolute Gasteiger partial charge is 0.387 e. The maximum Gasteiger partial charge on any atom is 0.0938 e. The summed E-state index contributed by atoms with van der Waals surface area (Å²) in [6.07, 6.45) is 21.0. The van der Waals surface area contributed by atoms with Gasteiger partial charge in [-0.25, -0.2) is 0 Å². The number of allylic oxidation sites excluding steroid dienone is 5. The van der Waals surface area contributed by atoms with Crippen LogP contribution in [0, 0.1) is 23.2 Å². The molecule has 3 atom stereocenters. The summed E-state index contributed by atoms with van der Waals surface area (Å²) in [7, 11) is 1.50. The molecule has 5 heteroatoms. The molecule has 3 rings (SSSR count). The Bertz CT molecular complexity index is 769. The molecule has 0 saturated heterocycles. The zero-order valence-corrected chi connectivity index (χ0v) is 27.4. The van der Waals surface area contributed by atoms with Crippen LogP contribution in [0.4, 0.5) is 0 Å². The highest BCUT2D eigenvalue weighted by Crippen LogP contribution is 2.41. The molecule has 5 nitrogen and oxygen atoms in total. The fourth-order valence-corrected chi connectivity index (χ4v) is 4.48. The average molecular weight is 548 g/mol. The van der Waals surface area contributed by atoms with Crippen molar-refractivity contribution in [1.29, 1.82) is 0 Å². The van der Waals surface area contributed by atoms with Crippen molar-refractivity contribution < 1.29 is 10.2 Å². The molecule has 0 saturated carbocycles. The van der Waals surface area contributed by atoms with Crippen molar-refractivity contribution in [3.63, 3.8) is 0 Å². The van der Waals surface area contributed by atoms with Gasteiger partial charge in [0.15, 0.2) is 0 Å². The van der Waals surface area contributed by atoms with E-state index in [1.54, 1.807) is 0 Å². The van der Waals surface area contributed by atoms with E-state index in [1.165, 1.54) is 37.6 Å². The summed E-state index contributed by atoms with van der Waals surface area (Å²) in [4.78, 5) is 0. The first-order valence-electron chi connectivity index (χ1n) is 15.3. The Kier molecular flexibility index (Phi) is 22.4. The minimum atomic E-state index is -0.692. The molecule has 0 fully saturated rings. The molecule has 2 unspecified atom stereocenters. The summed E-state index contributed by atoms with van der Waals surface area (Å²) in [5, 5.41) is 25.7. The van der Waals surface area contributed by atoms with Gasteiger partial charge >= 0.3 is 0 Å². The summed E-state index contributed by atoms with van der Waals surface area (Å²) in [5.41, 5.74) is 7.41. The fraction of sp³-hybridized carbons (Fsp3) is 0.706. The van der Waals surface area contributed by atoms with Gasteiger partial charge < -0.3 is 21.3 Å². The van der Waals surface area contributed by atoms with E-state index < -0.39 is 5.60 Å². The van der Waals surface area contributed by atoms with Gasteiger partial charge in [0.1, 0.15) is 0 Å². The lowest BCUT2D eigenvalue weighted by Crippen LogP contribution is -2.44. The van der Waals surface area contributed by atoms with Gasteiger partial charge in [-0.05, 0) is 67.5 Å². The number of aliphatic hydroxyl groups excluding tert-OH is 1. The lowest BCUT2D eigenvalue weighted by Gasteiger charge is -2.42. The van der Waals surface area contributed by atoms with Crippen molar-refractivity contribution in [2.24, 2.45) is 28.9 Å². The Hall–Kier alpha value is -1.66. The van der Waals surface area contributed by atoms with Gasteiger partial charge in [0, 0.05) is 24.7 Å². The molecular weight excluding hydrogens is 482 g/mol. The molecule has 0 aromatic carbocycles. The summed E-state index contributed by atoms with van der Waals surface area (Å²) in [6, 6.07) is 0. The Labute approximate surface area is 242 Å². The number of hydrogen-bond donors (Lipinski definition) is 5. The van der Waals surface area contributed by atoms with Gasteiger partial charge in [-0.1, -0.05) is 112 Å². The molecule has 0 aromatic rings. The molecule has 39 heavy (non-hydrogen) atoms. The van der Waals surface area contributed by atoms with Crippen molar-refractivity contribution >= 4 is 0 Å². The first-order chi connectivity index (χ1) is 18.5. The highest BCUT2D eigenvalue weighted by atomic mass is 16.3. The van der Waals surface area contributed by atoms with Crippen LogP contribution < -0.4 is 16.4 Å². The van der Waals surface area contributed by atoms with Crippen molar-refractivity contribution in [1.82, 2.24) is 10.6 Å². The molecule has 3 aliphatic rings. The predicted molar refractivity (Wildman–Crippen MR) is 173 cm³/mol. The maximum atomic E-state index is 10.8. The number of aliphatic hydroxyl groups is 2. The third kappa shape index (κ3) is 15.1. The SMILES string of the molecule is CC.CC(C)C.CCC1C=CC([C@@](O)(CC)C(C)(C)C)=CC1.CN.OCNCC1=CC(C2=CCCC=C2)CN1. The number of nitrogens with two attached hydrogens (primary N) is 1. The Morgan fingerprint density at radius 1 is 1.05 bits per heavy atom. The quantitative estimate of drug-likeness (QED) is 0.217. The minimum Gasteiger partial charge on any atom is -0.387 e. The Morgan fingerprint density at radius 2 is 1.67 bits per heavy atom. The third-order valence-corrected chi connectivity index (χ3v) is 6.77. The molecule has 0 amide bonds. The van der Waals surface area contributed by atoms with Crippen LogP contribution in [0.15, 0.2) is 59.4 Å². The second kappa shape index (κ2) is 22.1. The van der Waals surface area contributed by atoms with Gasteiger partial charge in [0.05, 0.1) is 12.3 Å². The number of hydrogen-bond acceptors (Lipinski definition) is 5. The van der Waals surface area contributed by atoms with E-state index in [9.17, 15) is 5.11 Å². The second-order valence-electron chi connectivity index (χ2n) is 11.6. The molecule has 1 heterocycles. The Balaban J connectivity index is 0. The van der Waals surface area contributed by atoms with Crippen molar-refractivity contribution in [3.8, 4) is 0 Å². The monoisotopic (exact) mass is 548 g/mol. The minimum absolute atomic E-state index is 0.0340. The highest BCUT2D eigenvalue weighted by molar-refractivity contribution is 5.34. The normalized spacial score (nSPS) is 21.1. The van der Waals surface area contributed by atoms with Crippen LogP contribution in [0.3, 0.4) is 0 Å². The molecule has 0 spiro atoms. The lowest BCUT2D eigenvalue weighted by atomic mass is 9.69. The fourth-order valence-electron chi connectivity index (χ4n) is 4.48. The Morgan fingerprint density at radius 3 is 2.08 bits per heavy atom. The standard InChI is InChI=1S/C15H26O.C12H18N2O.C4H10.C2H6.CH5N/c1-6-12-8-10-13(11-9-12)15(16,7-2)14(3,4)5;15-9-13-8-12-6-11(7-14-12)10-4-2-1-3-5-10;1-4(2)3;2*1-2/h8,10-12,16H,6-7,9H2,1-5H3;2,4-6,11,13-15H,1,3,7-9H2;4H,1-3H3;1-2H3;2H2,1H3/t12?,15-;;;;/m0..../s1. The van der Waals surface area contributed by atoms with Gasteiger partial charge in [0.2, 0.25) is 0 Å². The van der Waals surface area contributed by atoms with Crippen LogP contribution in [0.1, 0.15) is 101 Å². The molecule has 0 aromatic heterocycles. The molecule has 0 bridgehead atoms. The summed E-state index contributed by atoms with van der Waals surface area (Å²) >= 11 is 0. The van der Waals surface area contributed by atoms with E-state index in [-0.39, 0.29) is 12.1 Å². The molecule has 228 valence electrons. The van der Waals surface area contributed by atoms with Crippen LogP contribution in [0.5, 0.6) is 0 Å². The second-order valence-corrected chi connectivity index (χ2v) is 11.6. The van der Waals surface area contributed by atoms with E-state index in [2.05, 4.69) is 114 Å².